The minimum absolute atomic E-state index is 0.0822. The van der Waals surface area contributed by atoms with Crippen LogP contribution >= 0.6 is 11.6 Å². The van der Waals surface area contributed by atoms with Crippen LogP contribution in [0.25, 0.3) is 0 Å². The first-order valence-electron chi connectivity index (χ1n) is 6.41. The molecule has 0 bridgehead atoms. The third-order valence-electron chi connectivity index (χ3n) is 3.55. The Bertz CT molecular complexity index is 422. The van der Waals surface area contributed by atoms with Gasteiger partial charge in [0.15, 0.2) is 0 Å². The van der Waals surface area contributed by atoms with Gasteiger partial charge in [0.2, 0.25) is 0 Å². The van der Waals surface area contributed by atoms with Crippen molar-refractivity contribution >= 4 is 17.5 Å². The molecule has 1 amide bonds. The van der Waals surface area contributed by atoms with Gasteiger partial charge in [0.05, 0.1) is 10.6 Å². The Balaban J connectivity index is 1.80. The molecule has 0 aliphatic carbocycles. The number of halogens is 1. The molecule has 3 nitrogen and oxygen atoms in total. The van der Waals surface area contributed by atoms with Crippen LogP contribution in [-0.2, 0) is 0 Å². The zero-order chi connectivity index (χ0) is 13.0. The first-order chi connectivity index (χ1) is 8.68. The lowest BCUT2D eigenvalue weighted by Crippen LogP contribution is -2.31. The van der Waals surface area contributed by atoms with E-state index in [0.717, 1.165) is 6.42 Å². The van der Waals surface area contributed by atoms with E-state index < -0.39 is 0 Å². The molecule has 0 aromatic heterocycles. The second-order valence-corrected chi connectivity index (χ2v) is 5.21. The van der Waals surface area contributed by atoms with Gasteiger partial charge in [-0.25, -0.2) is 0 Å². The third kappa shape index (κ3) is 3.24. The molecule has 2 rings (SSSR count). The summed E-state index contributed by atoms with van der Waals surface area (Å²) in [4.78, 5) is 14.3. The summed E-state index contributed by atoms with van der Waals surface area (Å²) >= 11 is 5.98. The summed E-state index contributed by atoms with van der Waals surface area (Å²) in [5.41, 5.74) is 0.555. The van der Waals surface area contributed by atoms with E-state index in [4.69, 9.17) is 11.6 Å². The molecule has 0 radical (unpaired) electrons. The summed E-state index contributed by atoms with van der Waals surface area (Å²) in [5.74, 6) is -0.0822. The molecule has 1 atom stereocenters. The van der Waals surface area contributed by atoms with Gasteiger partial charge in [-0.2, -0.15) is 0 Å². The van der Waals surface area contributed by atoms with E-state index in [1.54, 1.807) is 12.1 Å². The van der Waals surface area contributed by atoms with Gasteiger partial charge in [0.1, 0.15) is 0 Å². The van der Waals surface area contributed by atoms with E-state index >= 15 is 0 Å². The Morgan fingerprint density at radius 2 is 2.28 bits per heavy atom. The maximum Gasteiger partial charge on any atom is 0.252 e. The molecule has 1 aliphatic heterocycles. The molecule has 4 heteroatoms. The lowest BCUT2D eigenvalue weighted by atomic mass is 10.1. The van der Waals surface area contributed by atoms with E-state index in [9.17, 15) is 4.79 Å². The van der Waals surface area contributed by atoms with Gasteiger partial charge in [0, 0.05) is 12.6 Å². The van der Waals surface area contributed by atoms with Crippen molar-refractivity contribution in [1.82, 2.24) is 10.2 Å². The van der Waals surface area contributed by atoms with Crippen molar-refractivity contribution in [3.8, 4) is 0 Å². The van der Waals surface area contributed by atoms with Crippen molar-refractivity contribution < 1.29 is 4.79 Å². The van der Waals surface area contributed by atoms with Crippen LogP contribution in [-0.4, -0.2) is 37.0 Å². The van der Waals surface area contributed by atoms with Crippen molar-refractivity contribution in [3.05, 3.63) is 34.9 Å². The SMILES string of the molecule is CN1CCCC1CCNC(=O)c1ccccc1Cl. The molecule has 1 heterocycles. The number of carbonyl (C=O) groups is 1. The molecule has 1 N–H and O–H groups in total. The zero-order valence-electron chi connectivity index (χ0n) is 10.7. The minimum Gasteiger partial charge on any atom is -0.352 e. The highest BCUT2D eigenvalue weighted by atomic mass is 35.5. The number of hydrogen-bond donors (Lipinski definition) is 1. The summed E-state index contributed by atoms with van der Waals surface area (Å²) in [6, 6.07) is 7.75. The first kappa shape index (κ1) is 13.4. The quantitative estimate of drug-likeness (QED) is 0.908. The Kier molecular flexibility index (Phi) is 4.61. The van der Waals surface area contributed by atoms with E-state index in [1.165, 1.54) is 19.4 Å². The minimum atomic E-state index is -0.0822. The summed E-state index contributed by atoms with van der Waals surface area (Å²) < 4.78 is 0. The molecule has 18 heavy (non-hydrogen) atoms. The van der Waals surface area contributed by atoms with Crippen molar-refractivity contribution in [2.24, 2.45) is 0 Å². The maximum absolute atomic E-state index is 11.9. The lowest BCUT2D eigenvalue weighted by Gasteiger charge is -2.19. The van der Waals surface area contributed by atoms with Gasteiger partial charge in [0.25, 0.3) is 5.91 Å². The second-order valence-electron chi connectivity index (χ2n) is 4.80. The fourth-order valence-electron chi connectivity index (χ4n) is 2.44. The fraction of sp³-hybridized carbons (Fsp3) is 0.500. The molecular weight excluding hydrogens is 248 g/mol. The standard InChI is InChI=1S/C14H19ClN2O/c1-17-10-4-5-11(17)8-9-16-14(18)12-6-2-3-7-13(12)15/h2-3,6-7,11H,4-5,8-10H2,1H3,(H,16,18). The van der Waals surface area contributed by atoms with Crippen LogP contribution in [0.3, 0.4) is 0 Å². The Hall–Kier alpha value is -1.06. The van der Waals surface area contributed by atoms with Gasteiger partial charge in [-0.3, -0.25) is 4.79 Å². The predicted molar refractivity (Wildman–Crippen MR) is 74.1 cm³/mol. The first-order valence-corrected chi connectivity index (χ1v) is 6.79. The highest BCUT2D eigenvalue weighted by Crippen LogP contribution is 2.17. The molecule has 1 unspecified atom stereocenters. The van der Waals surface area contributed by atoms with Crippen LogP contribution in [0, 0.1) is 0 Å². The van der Waals surface area contributed by atoms with Gasteiger partial charge >= 0.3 is 0 Å². The number of amides is 1. The summed E-state index contributed by atoms with van der Waals surface area (Å²) in [7, 11) is 2.15. The van der Waals surface area contributed by atoms with E-state index in [2.05, 4.69) is 17.3 Å². The number of hydrogen-bond acceptors (Lipinski definition) is 2. The van der Waals surface area contributed by atoms with Crippen molar-refractivity contribution in [2.45, 2.75) is 25.3 Å². The molecular formula is C14H19ClN2O. The van der Waals surface area contributed by atoms with Crippen molar-refractivity contribution in [1.29, 1.82) is 0 Å². The Morgan fingerprint density at radius 3 is 2.94 bits per heavy atom. The largest absolute Gasteiger partial charge is 0.352 e. The highest BCUT2D eigenvalue weighted by Gasteiger charge is 2.20. The average Bonchev–Trinajstić information content (AvgIpc) is 2.75. The number of carbonyl (C=O) groups excluding carboxylic acids is 1. The lowest BCUT2D eigenvalue weighted by molar-refractivity contribution is 0.0950. The van der Waals surface area contributed by atoms with Crippen molar-refractivity contribution in [2.75, 3.05) is 20.1 Å². The van der Waals surface area contributed by atoms with Gasteiger partial charge in [-0.05, 0) is 45.0 Å². The van der Waals surface area contributed by atoms with Gasteiger partial charge in [-0.15, -0.1) is 0 Å². The normalized spacial score (nSPS) is 20.0. The van der Waals surface area contributed by atoms with Crippen LogP contribution in [0.15, 0.2) is 24.3 Å². The topological polar surface area (TPSA) is 32.3 Å². The molecule has 1 fully saturated rings. The summed E-state index contributed by atoms with van der Waals surface area (Å²) in [5, 5.41) is 3.44. The molecule has 1 aromatic rings. The van der Waals surface area contributed by atoms with Crippen molar-refractivity contribution in [3.63, 3.8) is 0 Å². The zero-order valence-corrected chi connectivity index (χ0v) is 11.4. The van der Waals surface area contributed by atoms with Crippen LogP contribution < -0.4 is 5.32 Å². The molecule has 0 saturated carbocycles. The molecule has 0 spiro atoms. The smallest absolute Gasteiger partial charge is 0.252 e. The highest BCUT2D eigenvalue weighted by molar-refractivity contribution is 6.33. The molecule has 1 aromatic carbocycles. The van der Waals surface area contributed by atoms with Gasteiger partial charge < -0.3 is 10.2 Å². The second kappa shape index (κ2) is 6.21. The van der Waals surface area contributed by atoms with Crippen LogP contribution in [0.1, 0.15) is 29.6 Å². The number of nitrogens with zero attached hydrogens (tertiary/aromatic N) is 1. The molecule has 1 aliphatic rings. The number of likely N-dealkylation sites (tertiary alicyclic amines) is 1. The number of benzene rings is 1. The van der Waals surface area contributed by atoms with Crippen LogP contribution in [0.5, 0.6) is 0 Å². The number of rotatable bonds is 4. The van der Waals surface area contributed by atoms with E-state index in [-0.39, 0.29) is 5.91 Å². The third-order valence-corrected chi connectivity index (χ3v) is 3.88. The number of nitrogens with one attached hydrogen (secondary N) is 1. The predicted octanol–water partition coefficient (Wildman–Crippen LogP) is 2.55. The van der Waals surface area contributed by atoms with E-state index in [1.807, 2.05) is 12.1 Å². The summed E-state index contributed by atoms with van der Waals surface area (Å²) in [6.07, 6.45) is 3.50. The summed E-state index contributed by atoms with van der Waals surface area (Å²) in [6.45, 7) is 1.88. The van der Waals surface area contributed by atoms with Crippen LogP contribution in [0.4, 0.5) is 0 Å². The maximum atomic E-state index is 11.9. The fourth-order valence-corrected chi connectivity index (χ4v) is 2.66. The van der Waals surface area contributed by atoms with Gasteiger partial charge in [-0.1, -0.05) is 23.7 Å². The average molecular weight is 267 g/mol. The molecule has 1 saturated heterocycles. The Labute approximate surface area is 113 Å². The molecule has 98 valence electrons. The van der Waals surface area contributed by atoms with E-state index in [0.29, 0.717) is 23.2 Å². The Morgan fingerprint density at radius 1 is 1.50 bits per heavy atom. The monoisotopic (exact) mass is 266 g/mol. The van der Waals surface area contributed by atoms with Crippen LogP contribution in [0.2, 0.25) is 5.02 Å².